The van der Waals surface area contributed by atoms with E-state index in [1.165, 1.54) is 21.9 Å². The van der Waals surface area contributed by atoms with Crippen LogP contribution < -0.4 is 15.4 Å². The highest BCUT2D eigenvalue weighted by Crippen LogP contribution is 2.46. The van der Waals surface area contributed by atoms with E-state index in [0.717, 1.165) is 18.2 Å². The molecular formula is C38H45F2N5O9S. The molecule has 1 aliphatic carbocycles. The predicted octanol–water partition coefficient (Wildman–Crippen LogP) is 4.18. The van der Waals surface area contributed by atoms with Gasteiger partial charge in [-0.25, -0.2) is 31.5 Å². The quantitative estimate of drug-likeness (QED) is 0.375. The van der Waals surface area contributed by atoms with Gasteiger partial charge in [0, 0.05) is 24.4 Å². The number of halogens is 2. The molecule has 0 bridgehead atoms. The van der Waals surface area contributed by atoms with Crippen molar-refractivity contribution in [3.8, 4) is 0 Å². The number of fused-ring (bicyclic) bond motifs is 3. The number of alkyl carbamates (subject to hydrolysis) is 1. The molecule has 17 heteroatoms. The lowest BCUT2D eigenvalue weighted by atomic mass is 10.0. The second-order valence-corrected chi connectivity index (χ2v) is 17.1. The zero-order chi connectivity index (χ0) is 39.7. The molecule has 3 N–H and O–H groups in total. The summed E-state index contributed by atoms with van der Waals surface area (Å²) in [6.45, 7) is 4.83. The summed E-state index contributed by atoms with van der Waals surface area (Å²) in [5, 5.41) is 5.35. The maximum atomic E-state index is 14.4. The molecule has 1 saturated carbocycles. The summed E-state index contributed by atoms with van der Waals surface area (Å²) in [5.41, 5.74) is -1.63. The molecule has 5 atom stereocenters. The lowest BCUT2D eigenvalue weighted by Crippen LogP contribution is -2.58. The number of allylic oxidation sites excluding steroid dienone is 1. The SMILES string of the molecule is CC(C)(C)OC(=O)N[C@H]1CCCCCC=C[C@@H]2C[C@@]2(C(=O)NS(=O)(=O)c2cccc(F)c2)NC(=O)[C@@H]2C[C@@H](OC(=O)N3Cc4cccc(F)c4C3)CN2C1=O. The minimum atomic E-state index is -4.55. The standard InChI is InChI=1S/C38H45F2N5O9S/c1-37(2,3)54-35(49)41-30-16-8-6-4-5-7-12-24-19-38(24,34(48)43-55(51,52)27-14-10-13-25(39)17-27)42-32(46)31-18-26(21-45(31)33(30)47)53-36(50)44-20-23-11-9-15-29(40)28(23)22-44/h7,9-15,17,24,26,30-31H,4-6,8,16,18-22H2,1-3H3,(H,41,49)(H,42,46)(H,43,48)/t24-,26-,30+,31+,38-/m1/s1. The Morgan fingerprint density at radius 3 is 2.51 bits per heavy atom. The van der Waals surface area contributed by atoms with Crippen LogP contribution in [-0.4, -0.2) is 84.0 Å². The van der Waals surface area contributed by atoms with Gasteiger partial charge in [0.2, 0.25) is 11.8 Å². The van der Waals surface area contributed by atoms with Crippen molar-refractivity contribution < 1.29 is 50.6 Å². The molecule has 0 unspecified atom stereocenters. The number of carbonyl (C=O) groups excluding carboxylic acids is 5. The van der Waals surface area contributed by atoms with Gasteiger partial charge in [-0.3, -0.25) is 19.3 Å². The van der Waals surface area contributed by atoms with Crippen LogP contribution in [0.25, 0.3) is 0 Å². The molecule has 2 aromatic carbocycles. The maximum absolute atomic E-state index is 14.4. The van der Waals surface area contributed by atoms with Crippen molar-refractivity contribution in [2.75, 3.05) is 6.54 Å². The molecule has 1 saturated heterocycles. The molecule has 4 aliphatic rings. The third-order valence-electron chi connectivity index (χ3n) is 10.1. The Balaban J connectivity index is 1.27. The van der Waals surface area contributed by atoms with Crippen LogP contribution in [0.1, 0.15) is 76.8 Å². The molecular weight excluding hydrogens is 741 g/mol. The lowest BCUT2D eigenvalue weighted by Gasteiger charge is -2.30. The van der Waals surface area contributed by atoms with Gasteiger partial charge in [0.25, 0.3) is 15.9 Å². The van der Waals surface area contributed by atoms with E-state index in [4.69, 9.17) is 9.47 Å². The molecule has 14 nitrogen and oxygen atoms in total. The zero-order valence-electron chi connectivity index (χ0n) is 30.8. The number of benzene rings is 2. The average Bonchev–Trinajstić information content (AvgIpc) is 3.40. The van der Waals surface area contributed by atoms with E-state index >= 15 is 0 Å². The zero-order valence-corrected chi connectivity index (χ0v) is 31.6. The molecule has 0 radical (unpaired) electrons. The van der Waals surface area contributed by atoms with Crippen molar-refractivity contribution in [2.24, 2.45) is 5.92 Å². The van der Waals surface area contributed by atoms with E-state index in [2.05, 4.69) is 10.6 Å². The van der Waals surface area contributed by atoms with Gasteiger partial charge >= 0.3 is 12.2 Å². The lowest BCUT2D eigenvalue weighted by molar-refractivity contribution is -0.141. The molecule has 296 valence electrons. The first kappa shape index (κ1) is 39.6. The Morgan fingerprint density at radius 2 is 1.78 bits per heavy atom. The Morgan fingerprint density at radius 1 is 1.02 bits per heavy atom. The average molecular weight is 786 g/mol. The Bertz CT molecular complexity index is 2000. The van der Waals surface area contributed by atoms with Crippen LogP contribution in [0, 0.1) is 17.6 Å². The molecule has 5 amide bonds. The van der Waals surface area contributed by atoms with E-state index in [1.54, 1.807) is 39.0 Å². The molecule has 2 fully saturated rings. The predicted molar refractivity (Wildman–Crippen MR) is 192 cm³/mol. The van der Waals surface area contributed by atoms with Crippen molar-refractivity contribution in [3.63, 3.8) is 0 Å². The largest absolute Gasteiger partial charge is 0.444 e. The van der Waals surface area contributed by atoms with Crippen LogP contribution in [0.3, 0.4) is 0 Å². The molecule has 55 heavy (non-hydrogen) atoms. The first-order valence-electron chi connectivity index (χ1n) is 18.3. The fourth-order valence-electron chi connectivity index (χ4n) is 7.25. The van der Waals surface area contributed by atoms with Crippen molar-refractivity contribution >= 4 is 39.9 Å². The number of hydrogen-bond donors (Lipinski definition) is 3. The first-order valence-corrected chi connectivity index (χ1v) is 19.8. The van der Waals surface area contributed by atoms with Crippen LogP contribution in [0.4, 0.5) is 18.4 Å². The van der Waals surface area contributed by atoms with Crippen LogP contribution in [0.15, 0.2) is 59.5 Å². The highest BCUT2D eigenvalue weighted by molar-refractivity contribution is 7.90. The number of hydrogen-bond acceptors (Lipinski definition) is 9. The van der Waals surface area contributed by atoms with Gasteiger partial charge in [-0.2, -0.15) is 0 Å². The van der Waals surface area contributed by atoms with E-state index in [9.17, 15) is 41.2 Å². The van der Waals surface area contributed by atoms with Gasteiger partial charge in [0.15, 0.2) is 0 Å². The summed E-state index contributed by atoms with van der Waals surface area (Å²) < 4.78 is 67.9. The molecule has 0 aromatic heterocycles. The number of carbonyl (C=O) groups is 5. The summed E-state index contributed by atoms with van der Waals surface area (Å²) >= 11 is 0. The second kappa shape index (κ2) is 15.6. The smallest absolute Gasteiger partial charge is 0.410 e. The van der Waals surface area contributed by atoms with Crippen LogP contribution in [0.2, 0.25) is 0 Å². The van der Waals surface area contributed by atoms with Gasteiger partial charge in [0.1, 0.15) is 41.0 Å². The Kier molecular flexibility index (Phi) is 11.2. The van der Waals surface area contributed by atoms with E-state index < -0.39 is 91.7 Å². The van der Waals surface area contributed by atoms with E-state index in [0.29, 0.717) is 36.8 Å². The molecule has 6 rings (SSSR count). The van der Waals surface area contributed by atoms with Crippen molar-refractivity contribution in [3.05, 3.63) is 77.4 Å². The molecule has 0 spiro atoms. The molecule has 2 aromatic rings. The summed E-state index contributed by atoms with van der Waals surface area (Å²) in [6, 6.07) is 6.22. The van der Waals surface area contributed by atoms with Crippen LogP contribution >= 0.6 is 0 Å². The monoisotopic (exact) mass is 785 g/mol. The third-order valence-corrected chi connectivity index (χ3v) is 11.4. The van der Waals surface area contributed by atoms with E-state index in [1.807, 2.05) is 10.8 Å². The number of ether oxygens (including phenoxy) is 2. The number of nitrogens with one attached hydrogen (secondary N) is 3. The number of amides is 5. The van der Waals surface area contributed by atoms with Crippen molar-refractivity contribution in [1.82, 2.24) is 25.2 Å². The number of nitrogens with zero attached hydrogens (tertiary/aromatic N) is 2. The highest BCUT2D eigenvalue weighted by atomic mass is 32.2. The van der Waals surface area contributed by atoms with Gasteiger partial charge in [-0.15, -0.1) is 0 Å². The third kappa shape index (κ3) is 9.09. The Labute approximate surface area is 318 Å². The van der Waals surface area contributed by atoms with Gasteiger partial charge in [-0.05, 0) is 76.3 Å². The van der Waals surface area contributed by atoms with Crippen LogP contribution in [0.5, 0.6) is 0 Å². The summed E-state index contributed by atoms with van der Waals surface area (Å²) in [7, 11) is -4.55. The summed E-state index contributed by atoms with van der Waals surface area (Å²) in [6.07, 6.45) is 3.48. The van der Waals surface area contributed by atoms with Gasteiger partial charge < -0.3 is 25.0 Å². The Hall–Kier alpha value is -5.06. The van der Waals surface area contributed by atoms with Crippen LogP contribution in [-0.2, 0) is 47.0 Å². The fourth-order valence-corrected chi connectivity index (χ4v) is 8.32. The minimum Gasteiger partial charge on any atom is -0.444 e. The topological polar surface area (TPSA) is 181 Å². The molecule has 3 aliphatic heterocycles. The van der Waals surface area contributed by atoms with Gasteiger partial charge in [-0.1, -0.05) is 43.2 Å². The highest BCUT2D eigenvalue weighted by Gasteiger charge is 2.61. The first-order chi connectivity index (χ1) is 26.0. The summed E-state index contributed by atoms with van der Waals surface area (Å²) in [5.74, 6) is -4.41. The number of sulfonamides is 1. The summed E-state index contributed by atoms with van der Waals surface area (Å²) in [4.78, 5) is 70.7. The fraction of sp³-hybridized carbons (Fsp3) is 0.500. The number of rotatable bonds is 5. The molecule has 3 heterocycles. The van der Waals surface area contributed by atoms with Gasteiger partial charge in [0.05, 0.1) is 18.0 Å². The second-order valence-electron chi connectivity index (χ2n) is 15.4. The van der Waals surface area contributed by atoms with E-state index in [-0.39, 0.29) is 38.9 Å². The van der Waals surface area contributed by atoms with Crippen molar-refractivity contribution in [1.29, 1.82) is 0 Å². The normalized spacial score (nSPS) is 25.7. The minimum absolute atomic E-state index is 0.0347. The van der Waals surface area contributed by atoms with Crippen molar-refractivity contribution in [2.45, 2.75) is 113 Å². The maximum Gasteiger partial charge on any atom is 0.410 e.